The van der Waals surface area contributed by atoms with Gasteiger partial charge < -0.3 is 4.90 Å². The Morgan fingerprint density at radius 1 is 0.812 bits per heavy atom. The number of hydrogen-bond donors (Lipinski definition) is 0. The first-order chi connectivity index (χ1) is 7.68. The van der Waals surface area contributed by atoms with Gasteiger partial charge in [-0.2, -0.15) is 0 Å². The Balaban J connectivity index is 2.05. The van der Waals surface area contributed by atoms with Crippen LogP contribution in [-0.4, -0.2) is 85.6 Å². The third kappa shape index (κ3) is 2.48. The quantitative estimate of drug-likeness (QED) is 0.326. The van der Waals surface area contributed by atoms with Gasteiger partial charge in [0.05, 0.1) is 40.3 Å². The second-order valence-corrected chi connectivity index (χ2v) is 5.18. The topological polar surface area (TPSA) is 12.7 Å². The molecule has 2 saturated heterocycles. The van der Waals surface area contributed by atoms with E-state index in [-0.39, 0.29) is 0 Å². The van der Waals surface area contributed by atoms with Gasteiger partial charge >= 0.3 is 5.96 Å². The van der Waals surface area contributed by atoms with Crippen LogP contribution < -0.4 is 0 Å². The molecule has 92 valence electrons. The van der Waals surface area contributed by atoms with Gasteiger partial charge in [-0.3, -0.25) is 14.4 Å². The minimum absolute atomic E-state index is 1.17. The lowest BCUT2D eigenvalue weighted by molar-refractivity contribution is -0.476. The maximum atomic E-state index is 2.55. The Labute approximate surface area is 99.1 Å². The molecule has 4 heteroatoms. The predicted octanol–water partition coefficient (Wildman–Crippen LogP) is -0.0423. The molecule has 2 heterocycles. The van der Waals surface area contributed by atoms with E-state index >= 15 is 0 Å². The van der Waals surface area contributed by atoms with Crippen LogP contribution in [-0.2, 0) is 0 Å². The van der Waals surface area contributed by atoms with Crippen molar-refractivity contribution in [2.45, 2.75) is 12.8 Å². The van der Waals surface area contributed by atoms with Crippen molar-refractivity contribution in [2.75, 3.05) is 60.4 Å². The van der Waals surface area contributed by atoms with Crippen LogP contribution in [0.15, 0.2) is 0 Å². The van der Waals surface area contributed by atoms with Crippen molar-refractivity contribution in [3.05, 3.63) is 0 Å². The van der Waals surface area contributed by atoms with Crippen LogP contribution >= 0.6 is 0 Å². The number of nitrogens with zero attached hydrogens (tertiary/aromatic N) is 4. The fraction of sp³-hybridized carbons (Fsp3) is 0.917. The van der Waals surface area contributed by atoms with Gasteiger partial charge in [-0.1, -0.05) is 0 Å². The SMILES string of the molecule is CN1CCN(C(N2CCCC2)=[N+](C)C)CC1. The summed E-state index contributed by atoms with van der Waals surface area (Å²) < 4.78 is 2.29. The van der Waals surface area contributed by atoms with Crippen molar-refractivity contribution in [3.8, 4) is 0 Å². The van der Waals surface area contributed by atoms with Gasteiger partial charge in [0.25, 0.3) is 0 Å². The van der Waals surface area contributed by atoms with Crippen molar-refractivity contribution in [2.24, 2.45) is 0 Å². The van der Waals surface area contributed by atoms with Crippen molar-refractivity contribution < 1.29 is 4.58 Å². The lowest BCUT2D eigenvalue weighted by atomic mass is 10.3. The summed E-state index contributed by atoms with van der Waals surface area (Å²) in [6, 6.07) is 0. The van der Waals surface area contributed by atoms with Crippen LogP contribution in [0.25, 0.3) is 0 Å². The molecule has 2 fully saturated rings. The van der Waals surface area contributed by atoms with E-state index in [0.717, 1.165) is 0 Å². The maximum absolute atomic E-state index is 2.55. The van der Waals surface area contributed by atoms with Gasteiger partial charge in [-0.25, -0.2) is 0 Å². The molecule has 0 bridgehead atoms. The highest BCUT2D eigenvalue weighted by molar-refractivity contribution is 5.75. The monoisotopic (exact) mass is 225 g/mol. The van der Waals surface area contributed by atoms with E-state index in [4.69, 9.17) is 0 Å². The number of rotatable bonds is 0. The molecule has 0 radical (unpaired) electrons. The van der Waals surface area contributed by atoms with E-state index in [2.05, 4.69) is 40.4 Å². The second kappa shape index (κ2) is 5.04. The Morgan fingerprint density at radius 3 is 1.81 bits per heavy atom. The van der Waals surface area contributed by atoms with Gasteiger partial charge in [0, 0.05) is 13.1 Å². The molecular formula is C12H25N4+. The molecule has 4 nitrogen and oxygen atoms in total. The fourth-order valence-corrected chi connectivity index (χ4v) is 2.69. The van der Waals surface area contributed by atoms with Crippen molar-refractivity contribution in [3.63, 3.8) is 0 Å². The summed E-state index contributed by atoms with van der Waals surface area (Å²) in [7, 11) is 6.56. The fourth-order valence-electron chi connectivity index (χ4n) is 2.69. The van der Waals surface area contributed by atoms with Crippen LogP contribution in [0.1, 0.15) is 12.8 Å². The molecule has 0 atom stereocenters. The Bertz CT molecular complexity index is 256. The molecule has 0 aliphatic carbocycles. The molecule has 0 unspecified atom stereocenters. The van der Waals surface area contributed by atoms with E-state index in [9.17, 15) is 0 Å². The van der Waals surface area contributed by atoms with Crippen LogP contribution in [0.2, 0.25) is 0 Å². The first-order valence-electron chi connectivity index (χ1n) is 6.41. The highest BCUT2D eigenvalue weighted by Gasteiger charge is 2.31. The molecule has 2 aliphatic heterocycles. The number of hydrogen-bond acceptors (Lipinski definition) is 1. The predicted molar refractivity (Wildman–Crippen MR) is 67.0 cm³/mol. The normalized spacial score (nSPS) is 22.7. The Hall–Kier alpha value is -0.770. The summed E-state index contributed by atoms with van der Waals surface area (Å²) in [5.74, 6) is 1.44. The van der Waals surface area contributed by atoms with E-state index in [1.54, 1.807) is 0 Å². The molecule has 16 heavy (non-hydrogen) atoms. The summed E-state index contributed by atoms with van der Waals surface area (Å²) >= 11 is 0. The molecule has 0 saturated carbocycles. The highest BCUT2D eigenvalue weighted by Crippen LogP contribution is 2.12. The lowest BCUT2D eigenvalue weighted by Gasteiger charge is -2.33. The summed E-state index contributed by atoms with van der Waals surface area (Å²) in [6.07, 6.45) is 2.70. The van der Waals surface area contributed by atoms with Crippen molar-refractivity contribution in [1.82, 2.24) is 14.7 Å². The second-order valence-electron chi connectivity index (χ2n) is 5.18. The number of likely N-dealkylation sites (tertiary alicyclic amines) is 1. The van der Waals surface area contributed by atoms with Crippen LogP contribution in [0.5, 0.6) is 0 Å². The van der Waals surface area contributed by atoms with Gasteiger partial charge in [0.2, 0.25) is 0 Å². The highest BCUT2D eigenvalue weighted by atomic mass is 15.4. The standard InChI is InChI=1S/C12H25N4/c1-13(2)12(15-6-4-5-7-15)16-10-8-14(3)9-11-16/h4-11H2,1-3H3/q+1. The van der Waals surface area contributed by atoms with E-state index < -0.39 is 0 Å². The molecule has 0 spiro atoms. The molecule has 2 aliphatic rings. The Kier molecular flexibility index (Phi) is 3.69. The first-order valence-corrected chi connectivity index (χ1v) is 6.41. The van der Waals surface area contributed by atoms with Crippen LogP contribution in [0.3, 0.4) is 0 Å². The van der Waals surface area contributed by atoms with Crippen molar-refractivity contribution in [1.29, 1.82) is 0 Å². The largest absolute Gasteiger partial charge is 0.350 e. The molecular weight excluding hydrogens is 200 g/mol. The summed E-state index contributed by atoms with van der Waals surface area (Å²) in [6.45, 7) is 7.18. The van der Waals surface area contributed by atoms with Crippen molar-refractivity contribution >= 4 is 5.96 Å². The number of guanidine groups is 1. The van der Waals surface area contributed by atoms with Gasteiger partial charge in [0.15, 0.2) is 0 Å². The third-order valence-corrected chi connectivity index (χ3v) is 3.58. The lowest BCUT2D eigenvalue weighted by Crippen LogP contribution is -2.54. The summed E-state index contributed by atoms with van der Waals surface area (Å²) in [5, 5.41) is 0. The third-order valence-electron chi connectivity index (χ3n) is 3.58. The molecule has 0 N–H and O–H groups in total. The zero-order chi connectivity index (χ0) is 11.5. The van der Waals surface area contributed by atoms with E-state index in [1.807, 2.05) is 0 Å². The van der Waals surface area contributed by atoms with Gasteiger partial charge in [-0.05, 0) is 19.9 Å². The molecule has 0 aromatic carbocycles. The molecule has 0 aromatic rings. The maximum Gasteiger partial charge on any atom is 0.350 e. The average Bonchev–Trinajstić information content (AvgIpc) is 2.74. The van der Waals surface area contributed by atoms with Crippen LogP contribution in [0.4, 0.5) is 0 Å². The zero-order valence-electron chi connectivity index (χ0n) is 10.9. The van der Waals surface area contributed by atoms with E-state index in [0.29, 0.717) is 0 Å². The smallest absolute Gasteiger partial charge is 0.300 e. The van der Waals surface area contributed by atoms with Gasteiger partial charge in [0.1, 0.15) is 0 Å². The number of likely N-dealkylation sites (N-methyl/N-ethyl adjacent to an activating group) is 1. The molecule has 0 aromatic heterocycles. The van der Waals surface area contributed by atoms with Crippen LogP contribution in [0, 0.1) is 0 Å². The summed E-state index contributed by atoms with van der Waals surface area (Å²) in [4.78, 5) is 7.50. The van der Waals surface area contributed by atoms with Gasteiger partial charge in [-0.15, -0.1) is 0 Å². The Morgan fingerprint density at radius 2 is 1.31 bits per heavy atom. The summed E-state index contributed by atoms with van der Waals surface area (Å²) in [5.41, 5.74) is 0. The molecule has 0 amide bonds. The zero-order valence-corrected chi connectivity index (χ0v) is 10.9. The minimum atomic E-state index is 1.17. The van der Waals surface area contributed by atoms with E-state index in [1.165, 1.54) is 58.1 Å². The number of piperazine rings is 1. The average molecular weight is 225 g/mol. The molecule has 2 rings (SSSR count). The first kappa shape index (κ1) is 11.7. The minimum Gasteiger partial charge on any atom is -0.300 e.